The van der Waals surface area contributed by atoms with Crippen molar-refractivity contribution in [3.8, 4) is 0 Å². The summed E-state index contributed by atoms with van der Waals surface area (Å²) in [5.74, 6) is -0.458. The number of aromatic nitrogens is 1. The molecular weight excluding hydrogens is 258 g/mol. The zero-order valence-electron chi connectivity index (χ0n) is 11.0. The number of amides is 1. The molecule has 1 aromatic carbocycles. The number of carbonyl (C=O) groups excluding carboxylic acids is 1. The van der Waals surface area contributed by atoms with Gasteiger partial charge in [0, 0.05) is 17.6 Å². The van der Waals surface area contributed by atoms with Crippen LogP contribution in [0.1, 0.15) is 25.7 Å². The van der Waals surface area contributed by atoms with Crippen LogP contribution in [0.5, 0.6) is 0 Å². The van der Waals surface area contributed by atoms with Crippen molar-refractivity contribution in [3.05, 3.63) is 28.7 Å². The molecule has 0 atom stereocenters. The smallest absolute Gasteiger partial charge is 0.408 e. The average Bonchev–Trinajstić information content (AvgIpc) is 2.78. The molecule has 3 rings (SSSR count). The van der Waals surface area contributed by atoms with E-state index >= 15 is 0 Å². The number of H-pyrrole nitrogens is 1. The summed E-state index contributed by atoms with van der Waals surface area (Å²) in [6.07, 6.45) is 3.45. The summed E-state index contributed by atoms with van der Waals surface area (Å²) in [6, 6.07) is 5.32. The maximum atomic E-state index is 12.2. The molecule has 0 bridgehead atoms. The van der Waals surface area contributed by atoms with Crippen LogP contribution in [-0.2, 0) is 4.79 Å². The predicted octanol–water partition coefficient (Wildman–Crippen LogP) is 1.58. The molecule has 1 saturated carbocycles. The van der Waals surface area contributed by atoms with Crippen LogP contribution < -0.4 is 16.8 Å². The Hall–Kier alpha value is -2.08. The minimum absolute atomic E-state index is 0.0158. The van der Waals surface area contributed by atoms with Gasteiger partial charge in [0.15, 0.2) is 5.58 Å². The van der Waals surface area contributed by atoms with Gasteiger partial charge in [0.2, 0.25) is 5.91 Å². The van der Waals surface area contributed by atoms with Gasteiger partial charge < -0.3 is 15.5 Å². The molecule has 0 saturated heterocycles. The number of aromatic amines is 1. The van der Waals surface area contributed by atoms with Gasteiger partial charge in [-0.25, -0.2) is 4.79 Å². The van der Waals surface area contributed by atoms with Crippen molar-refractivity contribution in [1.29, 1.82) is 0 Å². The number of nitrogens with one attached hydrogen (secondary N) is 2. The first kappa shape index (κ1) is 12.9. The monoisotopic (exact) mass is 275 g/mol. The van der Waals surface area contributed by atoms with Crippen LogP contribution in [-0.4, -0.2) is 16.9 Å². The highest BCUT2D eigenvalue weighted by molar-refractivity contribution is 5.94. The number of rotatable bonds is 2. The number of hydrogen-bond donors (Lipinski definition) is 3. The molecule has 106 valence electrons. The van der Waals surface area contributed by atoms with Gasteiger partial charge in [-0.05, 0) is 43.9 Å². The molecule has 6 heteroatoms. The molecule has 6 nitrogen and oxygen atoms in total. The fraction of sp³-hybridized carbons (Fsp3) is 0.429. The van der Waals surface area contributed by atoms with E-state index in [0.717, 1.165) is 25.7 Å². The Balaban J connectivity index is 1.72. The van der Waals surface area contributed by atoms with Crippen molar-refractivity contribution >= 4 is 22.7 Å². The minimum Gasteiger partial charge on any atom is -0.408 e. The summed E-state index contributed by atoms with van der Waals surface area (Å²) < 4.78 is 4.92. The van der Waals surface area contributed by atoms with Gasteiger partial charge in [-0.2, -0.15) is 0 Å². The first-order valence-corrected chi connectivity index (χ1v) is 6.81. The van der Waals surface area contributed by atoms with Crippen LogP contribution in [0, 0.1) is 5.92 Å². The van der Waals surface area contributed by atoms with Crippen molar-refractivity contribution in [3.63, 3.8) is 0 Å². The van der Waals surface area contributed by atoms with E-state index in [0.29, 0.717) is 16.8 Å². The lowest BCUT2D eigenvalue weighted by Gasteiger charge is -2.25. The van der Waals surface area contributed by atoms with Crippen LogP contribution in [0.15, 0.2) is 27.4 Å². The Morgan fingerprint density at radius 3 is 2.80 bits per heavy atom. The normalized spacial score (nSPS) is 22.9. The highest BCUT2D eigenvalue weighted by Gasteiger charge is 2.24. The van der Waals surface area contributed by atoms with Gasteiger partial charge in [-0.1, -0.05) is 0 Å². The van der Waals surface area contributed by atoms with Gasteiger partial charge in [-0.3, -0.25) is 9.78 Å². The van der Waals surface area contributed by atoms with E-state index in [1.807, 2.05) is 0 Å². The maximum Gasteiger partial charge on any atom is 0.417 e. The molecule has 1 heterocycles. The maximum absolute atomic E-state index is 12.2. The van der Waals surface area contributed by atoms with Gasteiger partial charge in [0.1, 0.15) is 0 Å². The van der Waals surface area contributed by atoms with Crippen LogP contribution in [0.25, 0.3) is 11.1 Å². The van der Waals surface area contributed by atoms with Gasteiger partial charge in [0.25, 0.3) is 0 Å². The second-order valence-electron chi connectivity index (χ2n) is 5.33. The number of carbonyl (C=O) groups is 1. The lowest BCUT2D eigenvalue weighted by molar-refractivity contribution is -0.120. The number of fused-ring (bicyclic) bond motifs is 1. The van der Waals surface area contributed by atoms with E-state index < -0.39 is 5.76 Å². The summed E-state index contributed by atoms with van der Waals surface area (Å²) in [5, 5.41) is 2.88. The van der Waals surface area contributed by atoms with E-state index in [1.54, 1.807) is 18.2 Å². The number of nitrogens with two attached hydrogens (primary N) is 1. The van der Waals surface area contributed by atoms with Crippen molar-refractivity contribution in [2.24, 2.45) is 11.7 Å². The highest BCUT2D eigenvalue weighted by Crippen LogP contribution is 2.25. The molecule has 1 fully saturated rings. The summed E-state index contributed by atoms with van der Waals surface area (Å²) in [5.41, 5.74) is 7.56. The Kier molecular flexibility index (Phi) is 3.31. The molecule has 1 aliphatic rings. The largest absolute Gasteiger partial charge is 0.417 e. The summed E-state index contributed by atoms with van der Waals surface area (Å²) >= 11 is 0. The van der Waals surface area contributed by atoms with Crippen LogP contribution in [0.3, 0.4) is 0 Å². The Bertz CT molecular complexity index is 680. The van der Waals surface area contributed by atoms with E-state index in [9.17, 15) is 9.59 Å². The number of oxazole rings is 1. The van der Waals surface area contributed by atoms with Crippen LogP contribution >= 0.6 is 0 Å². The SMILES string of the molecule is NC1CCC(C(=O)Nc2ccc3oc(=O)[nH]c3c2)CC1. The van der Waals surface area contributed by atoms with E-state index in [-0.39, 0.29) is 17.9 Å². The Morgan fingerprint density at radius 2 is 2.05 bits per heavy atom. The molecule has 1 amide bonds. The fourth-order valence-electron chi connectivity index (χ4n) is 2.66. The quantitative estimate of drug-likeness (QED) is 0.774. The van der Waals surface area contributed by atoms with Crippen molar-refractivity contribution in [2.45, 2.75) is 31.7 Å². The highest BCUT2D eigenvalue weighted by atomic mass is 16.4. The third kappa shape index (κ3) is 2.60. The van der Waals surface area contributed by atoms with Crippen molar-refractivity contribution < 1.29 is 9.21 Å². The Labute approximate surface area is 115 Å². The van der Waals surface area contributed by atoms with E-state index in [1.165, 1.54) is 0 Å². The fourth-order valence-corrected chi connectivity index (χ4v) is 2.66. The topological polar surface area (TPSA) is 101 Å². The minimum atomic E-state index is -0.496. The first-order chi connectivity index (χ1) is 9.61. The number of benzene rings is 1. The lowest BCUT2D eigenvalue weighted by atomic mass is 9.86. The zero-order chi connectivity index (χ0) is 14.1. The summed E-state index contributed by atoms with van der Waals surface area (Å²) in [7, 11) is 0. The molecule has 2 aromatic rings. The average molecular weight is 275 g/mol. The zero-order valence-corrected chi connectivity index (χ0v) is 11.0. The van der Waals surface area contributed by atoms with Crippen LogP contribution in [0.2, 0.25) is 0 Å². The third-order valence-electron chi connectivity index (χ3n) is 3.83. The summed E-state index contributed by atoms with van der Waals surface area (Å²) in [4.78, 5) is 25.8. The van der Waals surface area contributed by atoms with Gasteiger partial charge in [-0.15, -0.1) is 0 Å². The predicted molar refractivity (Wildman–Crippen MR) is 75.4 cm³/mol. The van der Waals surface area contributed by atoms with Crippen LogP contribution in [0.4, 0.5) is 5.69 Å². The molecule has 1 aromatic heterocycles. The number of anilines is 1. The van der Waals surface area contributed by atoms with Gasteiger partial charge >= 0.3 is 5.76 Å². The molecule has 1 aliphatic carbocycles. The van der Waals surface area contributed by atoms with E-state index in [4.69, 9.17) is 10.2 Å². The molecular formula is C14H17N3O3. The van der Waals surface area contributed by atoms with Crippen molar-refractivity contribution in [1.82, 2.24) is 4.98 Å². The molecule has 0 unspecified atom stereocenters. The summed E-state index contributed by atoms with van der Waals surface area (Å²) in [6.45, 7) is 0. The Morgan fingerprint density at radius 1 is 1.30 bits per heavy atom. The van der Waals surface area contributed by atoms with Crippen molar-refractivity contribution in [2.75, 3.05) is 5.32 Å². The molecule has 20 heavy (non-hydrogen) atoms. The molecule has 0 spiro atoms. The second-order valence-corrected chi connectivity index (χ2v) is 5.33. The third-order valence-corrected chi connectivity index (χ3v) is 3.83. The standard InChI is InChI=1S/C14H17N3O3/c15-9-3-1-8(2-4-9)13(18)16-10-5-6-12-11(7-10)17-14(19)20-12/h5-9H,1-4,15H2,(H,16,18)(H,17,19). The lowest BCUT2D eigenvalue weighted by Crippen LogP contribution is -2.32. The number of hydrogen-bond acceptors (Lipinski definition) is 4. The molecule has 0 aliphatic heterocycles. The van der Waals surface area contributed by atoms with E-state index in [2.05, 4.69) is 10.3 Å². The second kappa shape index (κ2) is 5.13. The van der Waals surface area contributed by atoms with Gasteiger partial charge in [0.05, 0.1) is 5.52 Å². The molecule has 0 radical (unpaired) electrons. The first-order valence-electron chi connectivity index (χ1n) is 6.81. The molecule has 4 N–H and O–H groups in total.